The minimum atomic E-state index is -1.64. The van der Waals surface area contributed by atoms with Gasteiger partial charge in [0, 0.05) is 24.7 Å². The molecule has 5 aliphatic rings. The van der Waals surface area contributed by atoms with E-state index in [1.54, 1.807) is 0 Å². The van der Waals surface area contributed by atoms with E-state index < -0.39 is 79.4 Å². The van der Waals surface area contributed by atoms with E-state index in [1.807, 2.05) is 0 Å². The van der Waals surface area contributed by atoms with Crippen molar-refractivity contribution in [1.82, 2.24) is 0 Å². The molecule has 12 nitrogen and oxygen atoms in total. The fourth-order valence-corrected chi connectivity index (χ4v) is 5.39. The topological polar surface area (TPSA) is 185 Å². The molecule has 1 aliphatic carbocycles. The van der Waals surface area contributed by atoms with Crippen LogP contribution in [-0.4, -0.2) is 105 Å². The second-order valence-corrected chi connectivity index (χ2v) is 9.30. The van der Waals surface area contributed by atoms with Crippen LogP contribution >= 0.6 is 0 Å². The van der Waals surface area contributed by atoms with Crippen molar-refractivity contribution in [2.75, 3.05) is 13.2 Å². The van der Waals surface area contributed by atoms with Gasteiger partial charge in [-0.1, -0.05) is 0 Å². The van der Waals surface area contributed by atoms with Crippen molar-refractivity contribution in [3.05, 3.63) is 29.8 Å². The van der Waals surface area contributed by atoms with Crippen molar-refractivity contribution in [2.24, 2.45) is 11.8 Å². The van der Waals surface area contributed by atoms with Crippen LogP contribution in [0, 0.1) is 11.8 Å². The lowest BCUT2D eigenvalue weighted by molar-refractivity contribution is -0.370. The molecule has 12 heteroatoms. The van der Waals surface area contributed by atoms with Gasteiger partial charge in [0.25, 0.3) is 0 Å². The molecule has 6 N–H and O–H groups in total. The molecule has 4 aliphatic heterocycles. The predicted molar refractivity (Wildman–Crippen MR) is 108 cm³/mol. The van der Waals surface area contributed by atoms with Crippen molar-refractivity contribution < 1.29 is 59.1 Å². The first-order chi connectivity index (χ1) is 16.2. The summed E-state index contributed by atoms with van der Waals surface area (Å²) in [5.74, 6) is -1.71. The Hall–Kier alpha value is -1.87. The summed E-state index contributed by atoms with van der Waals surface area (Å²) >= 11 is 0. The molecule has 0 aromatic heterocycles. The van der Waals surface area contributed by atoms with Crippen LogP contribution in [-0.2, 0) is 23.7 Å². The van der Waals surface area contributed by atoms with E-state index in [0.29, 0.717) is 6.42 Å². The maximum Gasteiger partial charge on any atom is 0.338 e. The minimum Gasteiger partial charge on any atom is -0.508 e. The van der Waals surface area contributed by atoms with Crippen molar-refractivity contribution in [3.63, 3.8) is 0 Å². The first-order valence-corrected chi connectivity index (χ1v) is 11.2. The highest BCUT2D eigenvalue weighted by atomic mass is 16.8. The van der Waals surface area contributed by atoms with Crippen LogP contribution < -0.4 is 0 Å². The molecule has 4 bridgehead atoms. The van der Waals surface area contributed by atoms with Gasteiger partial charge in [0.2, 0.25) is 0 Å². The lowest BCUT2D eigenvalue weighted by atomic mass is 9.83. The molecule has 34 heavy (non-hydrogen) atoms. The molecule has 1 saturated carbocycles. The van der Waals surface area contributed by atoms with E-state index in [0.717, 1.165) is 0 Å². The molecule has 1 aromatic carbocycles. The van der Waals surface area contributed by atoms with E-state index in [4.69, 9.17) is 23.7 Å². The number of aliphatic hydroxyl groups is 5. The fraction of sp³-hybridized carbons (Fsp3) is 0.682. The zero-order valence-electron chi connectivity index (χ0n) is 18.0. The maximum atomic E-state index is 12.7. The second-order valence-electron chi connectivity index (χ2n) is 9.30. The summed E-state index contributed by atoms with van der Waals surface area (Å²) in [5, 5.41) is 60.6. The molecule has 1 aromatic rings. The third kappa shape index (κ3) is 4.08. The van der Waals surface area contributed by atoms with E-state index in [1.165, 1.54) is 24.3 Å². The number of aromatic hydroxyl groups is 1. The second kappa shape index (κ2) is 8.97. The maximum absolute atomic E-state index is 12.7. The monoisotopic (exact) mass is 484 g/mol. The zero-order valence-corrected chi connectivity index (χ0v) is 18.0. The van der Waals surface area contributed by atoms with Crippen LogP contribution in [0.15, 0.2) is 24.3 Å². The number of hydrogen-bond donors (Lipinski definition) is 6. The lowest BCUT2D eigenvalue weighted by Crippen LogP contribution is -2.61. The Bertz CT molecular complexity index is 892. The Kier molecular flexibility index (Phi) is 6.29. The number of aliphatic hydroxyl groups excluding tert-OH is 4. The Morgan fingerprint density at radius 1 is 1.06 bits per heavy atom. The summed E-state index contributed by atoms with van der Waals surface area (Å²) in [6.45, 7) is -0.700. The molecule has 0 amide bonds. The van der Waals surface area contributed by atoms with Gasteiger partial charge in [-0.05, 0) is 24.3 Å². The molecule has 5 fully saturated rings. The molecule has 4 heterocycles. The van der Waals surface area contributed by atoms with Gasteiger partial charge in [-0.15, -0.1) is 0 Å². The van der Waals surface area contributed by atoms with Gasteiger partial charge in [-0.3, -0.25) is 0 Å². The number of phenolic OH excluding ortho intramolecular Hbond substituents is 1. The number of phenols is 1. The van der Waals surface area contributed by atoms with Gasteiger partial charge < -0.3 is 54.3 Å². The largest absolute Gasteiger partial charge is 0.508 e. The summed E-state index contributed by atoms with van der Waals surface area (Å²) in [6.07, 6.45) is -9.64. The number of carbonyl (C=O) groups excluding carboxylic acids is 1. The van der Waals surface area contributed by atoms with E-state index >= 15 is 0 Å². The van der Waals surface area contributed by atoms with Crippen LogP contribution in [0.5, 0.6) is 5.75 Å². The Morgan fingerprint density at radius 3 is 2.50 bits per heavy atom. The fourth-order valence-electron chi connectivity index (χ4n) is 5.39. The number of benzene rings is 1. The molecule has 188 valence electrons. The summed E-state index contributed by atoms with van der Waals surface area (Å²) in [7, 11) is 0. The third-order valence-electron chi connectivity index (χ3n) is 7.15. The van der Waals surface area contributed by atoms with E-state index in [-0.39, 0.29) is 24.3 Å². The van der Waals surface area contributed by atoms with Gasteiger partial charge >= 0.3 is 5.97 Å². The molecule has 0 spiro atoms. The van der Waals surface area contributed by atoms with Crippen LogP contribution in [0.25, 0.3) is 0 Å². The normalized spacial score (nSPS) is 45.7. The molecule has 11 atom stereocenters. The van der Waals surface area contributed by atoms with Gasteiger partial charge in [-0.25, -0.2) is 4.79 Å². The Morgan fingerprint density at radius 2 is 1.79 bits per heavy atom. The highest BCUT2D eigenvalue weighted by molar-refractivity contribution is 5.89. The highest BCUT2D eigenvalue weighted by Crippen LogP contribution is 2.53. The number of esters is 1. The number of rotatable bonds is 5. The smallest absolute Gasteiger partial charge is 0.338 e. The Labute approximate surface area is 194 Å². The summed E-state index contributed by atoms with van der Waals surface area (Å²) in [5.41, 5.74) is -1.22. The standard InChI is InChI=1S/C22H28O12/c23-7-13-16(25)17(26)18(27)21(32-13)34-20-15-11-5-14(33-20)30-8-22(15,29)6-12(11)31-19(28)9-1-3-10(24)4-2-9/h1-4,11-18,20-21,23-27,29H,5-8H2/t11-,12+,13+,14+,15+,16+,17-,18+,20-,21-,22+/m0/s1. The highest BCUT2D eigenvalue weighted by Gasteiger charge is 2.64. The molecule has 4 saturated heterocycles. The van der Waals surface area contributed by atoms with Crippen LogP contribution in [0.2, 0.25) is 0 Å². The molecule has 0 radical (unpaired) electrons. The predicted octanol–water partition coefficient (Wildman–Crippen LogP) is -1.80. The molecular formula is C22H28O12. The quantitative estimate of drug-likeness (QED) is 0.258. The number of carbonyl (C=O) groups is 1. The first kappa shape index (κ1) is 23.9. The van der Waals surface area contributed by atoms with Gasteiger partial charge in [0.15, 0.2) is 18.9 Å². The average Bonchev–Trinajstić information content (AvgIpc) is 2.92. The summed E-state index contributed by atoms with van der Waals surface area (Å²) in [4.78, 5) is 12.7. The third-order valence-corrected chi connectivity index (χ3v) is 7.15. The minimum absolute atomic E-state index is 0.0128. The van der Waals surface area contributed by atoms with Crippen molar-refractivity contribution in [2.45, 2.75) is 67.8 Å². The number of ether oxygens (including phenoxy) is 5. The zero-order chi connectivity index (χ0) is 24.2. The van der Waals surface area contributed by atoms with Gasteiger partial charge in [-0.2, -0.15) is 0 Å². The average molecular weight is 484 g/mol. The van der Waals surface area contributed by atoms with Gasteiger partial charge in [0.1, 0.15) is 36.3 Å². The lowest BCUT2D eigenvalue weighted by Gasteiger charge is -2.44. The first-order valence-electron chi connectivity index (χ1n) is 11.2. The van der Waals surface area contributed by atoms with Crippen LogP contribution in [0.3, 0.4) is 0 Å². The summed E-state index contributed by atoms with van der Waals surface area (Å²) < 4.78 is 28.4. The van der Waals surface area contributed by atoms with E-state index in [2.05, 4.69) is 0 Å². The molecule has 6 rings (SSSR count). The van der Waals surface area contributed by atoms with Gasteiger partial charge in [0.05, 0.1) is 24.4 Å². The Balaban J connectivity index is 1.34. The van der Waals surface area contributed by atoms with Crippen molar-refractivity contribution in [1.29, 1.82) is 0 Å². The molecule has 0 unspecified atom stereocenters. The van der Waals surface area contributed by atoms with Crippen LogP contribution in [0.4, 0.5) is 0 Å². The van der Waals surface area contributed by atoms with Crippen molar-refractivity contribution >= 4 is 5.97 Å². The number of fused-ring (bicyclic) bond motifs is 2. The van der Waals surface area contributed by atoms with Crippen molar-refractivity contribution in [3.8, 4) is 5.75 Å². The SMILES string of the molecule is O=C(O[C@@H]1C[C@@]2(O)CO[C@H]3C[C@@H]1[C@@H]2[C@H](O[C@@H]1O[C@H](CO)[C@@H](O)[C@H](O)[C@H]1O)O3)c1ccc(O)cc1. The van der Waals surface area contributed by atoms with Crippen LogP contribution in [0.1, 0.15) is 23.2 Å². The van der Waals surface area contributed by atoms with E-state index in [9.17, 15) is 35.4 Å². The molecular weight excluding hydrogens is 456 g/mol. The summed E-state index contributed by atoms with van der Waals surface area (Å²) in [6, 6.07) is 5.61. The number of hydrogen-bond acceptors (Lipinski definition) is 12.